The number of aromatic nitrogens is 2. The van der Waals surface area contributed by atoms with Gasteiger partial charge < -0.3 is 4.90 Å². The van der Waals surface area contributed by atoms with Gasteiger partial charge in [0.2, 0.25) is 0 Å². The molecule has 2 heterocycles. The fraction of sp³-hybridized carbons (Fsp3) is 0.158. The Morgan fingerprint density at radius 2 is 1.27 bits per heavy atom. The first-order valence-corrected chi connectivity index (χ1v) is 7.43. The molecule has 3 nitrogen and oxygen atoms in total. The van der Waals surface area contributed by atoms with Crippen molar-refractivity contribution in [2.75, 3.05) is 4.90 Å². The Kier molecular flexibility index (Phi) is 4.44. The molecule has 3 rings (SSSR count). The molecule has 0 N–H and O–H groups in total. The number of aryl methyl sites for hydroxylation is 1. The molecule has 2 aromatic heterocycles. The zero-order chi connectivity index (χ0) is 15.2. The van der Waals surface area contributed by atoms with Crippen molar-refractivity contribution in [1.29, 1.82) is 0 Å². The average molecular weight is 289 g/mol. The van der Waals surface area contributed by atoms with Crippen LogP contribution in [0.1, 0.15) is 17.0 Å². The maximum absolute atomic E-state index is 4.44. The van der Waals surface area contributed by atoms with Crippen LogP contribution in [0.15, 0.2) is 73.1 Å². The summed E-state index contributed by atoms with van der Waals surface area (Å²) in [7, 11) is 0. The highest BCUT2D eigenvalue weighted by molar-refractivity contribution is 5.48. The van der Waals surface area contributed by atoms with Crippen LogP contribution in [0.25, 0.3) is 0 Å². The molecule has 0 saturated carbocycles. The first-order chi connectivity index (χ1) is 10.8. The summed E-state index contributed by atoms with van der Waals surface area (Å²) in [4.78, 5) is 11.2. The zero-order valence-electron chi connectivity index (χ0n) is 12.7. The van der Waals surface area contributed by atoms with Gasteiger partial charge in [0, 0.05) is 18.1 Å². The van der Waals surface area contributed by atoms with Gasteiger partial charge in [-0.25, -0.2) is 0 Å². The standard InChI is InChI=1S/C19H19N3/c1-16-8-10-19(11-9-16)22(14-17-6-2-4-12-20-17)15-18-7-3-5-13-21-18/h2-13H,14-15H2,1H3. The summed E-state index contributed by atoms with van der Waals surface area (Å²) in [6.45, 7) is 3.63. The Bertz CT molecular complexity index is 652. The average Bonchev–Trinajstić information content (AvgIpc) is 2.57. The van der Waals surface area contributed by atoms with E-state index in [1.54, 1.807) is 0 Å². The van der Waals surface area contributed by atoms with Gasteiger partial charge in [0.15, 0.2) is 0 Å². The van der Waals surface area contributed by atoms with Gasteiger partial charge in [-0.2, -0.15) is 0 Å². The molecule has 0 aliphatic carbocycles. The second-order valence-corrected chi connectivity index (χ2v) is 5.33. The van der Waals surface area contributed by atoms with Crippen molar-refractivity contribution in [3.8, 4) is 0 Å². The molecule has 0 fully saturated rings. The number of hydrogen-bond donors (Lipinski definition) is 0. The largest absolute Gasteiger partial charge is 0.360 e. The lowest BCUT2D eigenvalue weighted by atomic mass is 10.2. The molecule has 1 aromatic carbocycles. The summed E-state index contributed by atoms with van der Waals surface area (Å²) in [5.41, 5.74) is 4.55. The lowest BCUT2D eigenvalue weighted by Gasteiger charge is -2.24. The van der Waals surface area contributed by atoms with E-state index < -0.39 is 0 Å². The highest BCUT2D eigenvalue weighted by Crippen LogP contribution is 2.19. The van der Waals surface area contributed by atoms with E-state index >= 15 is 0 Å². The van der Waals surface area contributed by atoms with Crippen molar-refractivity contribution in [2.24, 2.45) is 0 Å². The van der Waals surface area contributed by atoms with Crippen molar-refractivity contribution in [3.05, 3.63) is 90.0 Å². The predicted octanol–water partition coefficient (Wildman–Crippen LogP) is 3.99. The number of rotatable bonds is 5. The van der Waals surface area contributed by atoms with Crippen molar-refractivity contribution in [1.82, 2.24) is 9.97 Å². The normalized spacial score (nSPS) is 10.4. The summed E-state index contributed by atoms with van der Waals surface area (Å²) in [5.74, 6) is 0. The molecule has 0 radical (unpaired) electrons. The highest BCUT2D eigenvalue weighted by atomic mass is 15.1. The molecular weight excluding hydrogens is 270 g/mol. The summed E-state index contributed by atoms with van der Waals surface area (Å²) >= 11 is 0. The van der Waals surface area contributed by atoms with E-state index in [1.165, 1.54) is 11.3 Å². The molecular formula is C19H19N3. The molecule has 0 bridgehead atoms. The van der Waals surface area contributed by atoms with Crippen LogP contribution in [0.5, 0.6) is 0 Å². The topological polar surface area (TPSA) is 29.0 Å². The van der Waals surface area contributed by atoms with Gasteiger partial charge >= 0.3 is 0 Å². The van der Waals surface area contributed by atoms with Crippen molar-refractivity contribution >= 4 is 5.69 Å². The molecule has 0 amide bonds. The third kappa shape index (κ3) is 3.70. The Morgan fingerprint density at radius 1 is 0.727 bits per heavy atom. The molecule has 0 saturated heterocycles. The Morgan fingerprint density at radius 3 is 1.73 bits per heavy atom. The number of anilines is 1. The van der Waals surface area contributed by atoms with E-state index in [0.29, 0.717) is 0 Å². The minimum atomic E-state index is 0.764. The lowest BCUT2D eigenvalue weighted by Crippen LogP contribution is -2.23. The summed E-state index contributed by atoms with van der Waals surface area (Å²) in [5, 5.41) is 0. The van der Waals surface area contributed by atoms with Crippen molar-refractivity contribution < 1.29 is 0 Å². The van der Waals surface area contributed by atoms with E-state index in [0.717, 1.165) is 24.5 Å². The van der Waals surface area contributed by atoms with Gasteiger partial charge in [0.05, 0.1) is 24.5 Å². The number of pyridine rings is 2. The molecule has 110 valence electrons. The Balaban J connectivity index is 1.86. The van der Waals surface area contributed by atoms with Crippen molar-refractivity contribution in [3.63, 3.8) is 0 Å². The third-order valence-electron chi connectivity index (χ3n) is 3.56. The molecule has 3 aromatic rings. The molecule has 0 aliphatic heterocycles. The molecule has 0 unspecified atom stereocenters. The first kappa shape index (κ1) is 14.3. The van der Waals surface area contributed by atoms with Crippen LogP contribution >= 0.6 is 0 Å². The van der Waals surface area contributed by atoms with Gasteiger partial charge in [0.1, 0.15) is 0 Å². The van der Waals surface area contributed by atoms with Crippen LogP contribution in [-0.2, 0) is 13.1 Å². The highest BCUT2D eigenvalue weighted by Gasteiger charge is 2.09. The van der Waals surface area contributed by atoms with E-state index in [-0.39, 0.29) is 0 Å². The van der Waals surface area contributed by atoms with Crippen LogP contribution in [-0.4, -0.2) is 9.97 Å². The van der Waals surface area contributed by atoms with E-state index in [2.05, 4.69) is 58.2 Å². The van der Waals surface area contributed by atoms with Crippen LogP contribution in [0.3, 0.4) is 0 Å². The smallest absolute Gasteiger partial charge is 0.0606 e. The SMILES string of the molecule is Cc1ccc(N(Cc2ccccn2)Cc2ccccn2)cc1. The van der Waals surface area contributed by atoms with Gasteiger partial charge in [-0.1, -0.05) is 29.8 Å². The fourth-order valence-electron chi connectivity index (χ4n) is 2.37. The predicted molar refractivity (Wildman–Crippen MR) is 89.5 cm³/mol. The summed E-state index contributed by atoms with van der Waals surface area (Å²) in [6, 6.07) is 20.6. The van der Waals surface area contributed by atoms with E-state index in [1.807, 2.05) is 36.7 Å². The minimum absolute atomic E-state index is 0.764. The number of nitrogens with zero attached hydrogens (tertiary/aromatic N) is 3. The van der Waals surface area contributed by atoms with Gasteiger partial charge in [-0.05, 0) is 43.3 Å². The van der Waals surface area contributed by atoms with Crippen LogP contribution in [0, 0.1) is 6.92 Å². The van der Waals surface area contributed by atoms with E-state index in [4.69, 9.17) is 0 Å². The molecule has 0 spiro atoms. The molecule has 0 atom stereocenters. The quantitative estimate of drug-likeness (QED) is 0.711. The first-order valence-electron chi connectivity index (χ1n) is 7.43. The molecule has 0 aliphatic rings. The van der Waals surface area contributed by atoms with Crippen LogP contribution in [0.4, 0.5) is 5.69 Å². The summed E-state index contributed by atoms with van der Waals surface area (Å²) < 4.78 is 0. The monoisotopic (exact) mass is 289 g/mol. The molecule has 22 heavy (non-hydrogen) atoms. The van der Waals surface area contributed by atoms with Crippen LogP contribution in [0.2, 0.25) is 0 Å². The lowest BCUT2D eigenvalue weighted by molar-refractivity contribution is 0.765. The number of benzene rings is 1. The van der Waals surface area contributed by atoms with Gasteiger partial charge in [-0.3, -0.25) is 9.97 Å². The third-order valence-corrected chi connectivity index (χ3v) is 3.56. The fourth-order valence-corrected chi connectivity index (χ4v) is 2.37. The number of hydrogen-bond acceptors (Lipinski definition) is 3. The molecule has 3 heteroatoms. The second-order valence-electron chi connectivity index (χ2n) is 5.33. The maximum Gasteiger partial charge on any atom is 0.0606 e. The Hall–Kier alpha value is -2.68. The maximum atomic E-state index is 4.44. The zero-order valence-corrected chi connectivity index (χ0v) is 12.7. The van der Waals surface area contributed by atoms with Crippen LogP contribution < -0.4 is 4.90 Å². The minimum Gasteiger partial charge on any atom is -0.360 e. The van der Waals surface area contributed by atoms with Gasteiger partial charge in [-0.15, -0.1) is 0 Å². The van der Waals surface area contributed by atoms with E-state index in [9.17, 15) is 0 Å². The summed E-state index contributed by atoms with van der Waals surface area (Å²) in [6.07, 6.45) is 3.67. The van der Waals surface area contributed by atoms with Gasteiger partial charge in [0.25, 0.3) is 0 Å². The Labute approximate surface area is 131 Å². The van der Waals surface area contributed by atoms with Crippen molar-refractivity contribution in [2.45, 2.75) is 20.0 Å². The second kappa shape index (κ2) is 6.85.